The summed E-state index contributed by atoms with van der Waals surface area (Å²) < 4.78 is 14.8. The number of amides is 1. The Bertz CT molecular complexity index is 825. The SMILES string of the molecule is CCc1ncnc(N2CC(CCN3CCCC3=O)c3ccccc32)c1F. The van der Waals surface area contributed by atoms with Gasteiger partial charge in [-0.1, -0.05) is 25.1 Å². The van der Waals surface area contributed by atoms with Crippen LogP contribution in [0.2, 0.25) is 0 Å². The second-order valence-electron chi connectivity index (χ2n) is 6.95. The topological polar surface area (TPSA) is 49.3 Å². The van der Waals surface area contributed by atoms with Crippen LogP contribution in [-0.4, -0.2) is 40.4 Å². The van der Waals surface area contributed by atoms with Gasteiger partial charge in [-0.05, 0) is 30.9 Å². The molecule has 0 aliphatic carbocycles. The van der Waals surface area contributed by atoms with Crippen molar-refractivity contribution in [2.45, 2.75) is 38.5 Å². The van der Waals surface area contributed by atoms with Gasteiger partial charge in [-0.15, -0.1) is 0 Å². The van der Waals surface area contributed by atoms with Crippen LogP contribution in [0, 0.1) is 5.82 Å². The molecule has 1 unspecified atom stereocenters. The number of fused-ring (bicyclic) bond motifs is 1. The first-order valence-electron chi connectivity index (χ1n) is 9.32. The van der Waals surface area contributed by atoms with Crippen molar-refractivity contribution in [1.29, 1.82) is 0 Å². The third-order valence-corrected chi connectivity index (χ3v) is 5.42. The number of carbonyl (C=O) groups excluding carboxylic acids is 1. The number of likely N-dealkylation sites (tertiary alicyclic amines) is 1. The molecule has 1 aromatic heterocycles. The van der Waals surface area contributed by atoms with E-state index < -0.39 is 0 Å². The summed E-state index contributed by atoms with van der Waals surface area (Å²) in [5.41, 5.74) is 2.65. The minimum Gasteiger partial charge on any atom is -0.343 e. The molecular weight excluding hydrogens is 331 g/mol. The summed E-state index contributed by atoms with van der Waals surface area (Å²) in [6, 6.07) is 8.11. The van der Waals surface area contributed by atoms with Crippen molar-refractivity contribution in [1.82, 2.24) is 14.9 Å². The van der Waals surface area contributed by atoms with Gasteiger partial charge >= 0.3 is 0 Å². The summed E-state index contributed by atoms with van der Waals surface area (Å²) in [6.45, 7) is 4.19. The van der Waals surface area contributed by atoms with Gasteiger partial charge in [0.05, 0.1) is 5.69 Å². The Morgan fingerprint density at radius 3 is 2.88 bits per heavy atom. The summed E-state index contributed by atoms with van der Waals surface area (Å²) >= 11 is 0. The molecule has 26 heavy (non-hydrogen) atoms. The van der Waals surface area contributed by atoms with Crippen molar-refractivity contribution >= 4 is 17.4 Å². The van der Waals surface area contributed by atoms with E-state index >= 15 is 0 Å². The van der Waals surface area contributed by atoms with Crippen molar-refractivity contribution < 1.29 is 9.18 Å². The van der Waals surface area contributed by atoms with Crippen molar-refractivity contribution in [3.63, 3.8) is 0 Å². The fourth-order valence-electron chi connectivity index (χ4n) is 4.03. The van der Waals surface area contributed by atoms with Crippen molar-refractivity contribution in [3.05, 3.63) is 47.7 Å². The van der Waals surface area contributed by atoms with Gasteiger partial charge in [-0.3, -0.25) is 4.79 Å². The molecule has 4 rings (SSSR count). The maximum Gasteiger partial charge on any atom is 0.222 e. The summed E-state index contributed by atoms with van der Waals surface area (Å²) in [7, 11) is 0. The summed E-state index contributed by atoms with van der Waals surface area (Å²) in [4.78, 5) is 24.1. The number of carbonyl (C=O) groups is 1. The fraction of sp³-hybridized carbons (Fsp3) is 0.450. The van der Waals surface area contributed by atoms with Crippen LogP contribution < -0.4 is 4.90 Å². The first-order valence-corrected chi connectivity index (χ1v) is 9.32. The molecule has 1 saturated heterocycles. The van der Waals surface area contributed by atoms with E-state index in [1.165, 1.54) is 11.9 Å². The van der Waals surface area contributed by atoms with Crippen molar-refractivity contribution in [3.8, 4) is 0 Å². The number of aromatic nitrogens is 2. The zero-order valence-corrected chi connectivity index (χ0v) is 15.0. The normalized spacial score (nSPS) is 19.3. The number of benzene rings is 1. The molecule has 0 bridgehead atoms. The fourth-order valence-corrected chi connectivity index (χ4v) is 4.03. The summed E-state index contributed by atoms with van der Waals surface area (Å²) in [5, 5.41) is 0. The number of hydrogen-bond acceptors (Lipinski definition) is 4. The van der Waals surface area contributed by atoms with E-state index in [9.17, 15) is 9.18 Å². The quantitative estimate of drug-likeness (QED) is 0.825. The van der Waals surface area contributed by atoms with Gasteiger partial charge in [-0.25, -0.2) is 14.4 Å². The predicted molar refractivity (Wildman–Crippen MR) is 98.0 cm³/mol. The summed E-state index contributed by atoms with van der Waals surface area (Å²) in [5.74, 6) is 0.533. The third kappa shape index (κ3) is 2.93. The number of rotatable bonds is 5. The number of hydrogen-bond donors (Lipinski definition) is 0. The second-order valence-corrected chi connectivity index (χ2v) is 6.95. The minimum absolute atomic E-state index is 0.252. The summed E-state index contributed by atoms with van der Waals surface area (Å²) in [6.07, 6.45) is 4.48. The Balaban J connectivity index is 1.59. The van der Waals surface area contributed by atoms with Crippen LogP contribution in [0.3, 0.4) is 0 Å². The smallest absolute Gasteiger partial charge is 0.222 e. The van der Waals surface area contributed by atoms with E-state index in [1.807, 2.05) is 34.9 Å². The van der Waals surface area contributed by atoms with Gasteiger partial charge in [0.25, 0.3) is 0 Å². The molecule has 0 radical (unpaired) electrons. The van der Waals surface area contributed by atoms with Gasteiger partial charge in [0.2, 0.25) is 5.91 Å². The standard InChI is InChI=1S/C20H23FN4O/c1-2-16-19(21)20(23-13-22-16)25-12-14(15-6-3-4-7-17(15)25)9-11-24-10-5-8-18(24)26/h3-4,6-7,13-14H,2,5,8-12H2,1H3. The highest BCUT2D eigenvalue weighted by Crippen LogP contribution is 2.42. The molecule has 5 nitrogen and oxygen atoms in total. The van der Waals surface area contributed by atoms with E-state index in [-0.39, 0.29) is 17.6 Å². The zero-order valence-electron chi connectivity index (χ0n) is 15.0. The van der Waals surface area contributed by atoms with Crippen LogP contribution in [0.1, 0.15) is 43.4 Å². The Labute approximate surface area is 152 Å². The number of nitrogens with zero attached hydrogens (tertiary/aromatic N) is 4. The van der Waals surface area contributed by atoms with Gasteiger partial charge in [0.15, 0.2) is 11.6 Å². The largest absolute Gasteiger partial charge is 0.343 e. The molecular formula is C20H23FN4O. The molecule has 0 saturated carbocycles. The maximum atomic E-state index is 14.8. The van der Waals surface area contributed by atoms with Crippen molar-refractivity contribution in [2.24, 2.45) is 0 Å². The lowest BCUT2D eigenvalue weighted by Crippen LogP contribution is -2.27. The van der Waals surface area contributed by atoms with E-state index in [1.54, 1.807) is 0 Å². The number of anilines is 2. The Morgan fingerprint density at radius 1 is 1.27 bits per heavy atom. The zero-order chi connectivity index (χ0) is 18.1. The lowest BCUT2D eigenvalue weighted by molar-refractivity contribution is -0.127. The van der Waals surface area contributed by atoms with Crippen LogP contribution in [-0.2, 0) is 11.2 Å². The maximum absolute atomic E-state index is 14.8. The Hall–Kier alpha value is -2.50. The average Bonchev–Trinajstić information content (AvgIpc) is 3.24. The van der Waals surface area contributed by atoms with Crippen LogP contribution in [0.5, 0.6) is 0 Å². The van der Waals surface area contributed by atoms with E-state index in [4.69, 9.17) is 0 Å². The lowest BCUT2D eigenvalue weighted by Gasteiger charge is -2.21. The first kappa shape index (κ1) is 16.9. The molecule has 2 aromatic rings. The highest BCUT2D eigenvalue weighted by molar-refractivity contribution is 5.78. The molecule has 2 aliphatic heterocycles. The molecule has 1 amide bonds. The van der Waals surface area contributed by atoms with Gasteiger partial charge < -0.3 is 9.80 Å². The average molecular weight is 354 g/mol. The molecule has 0 spiro atoms. The molecule has 3 heterocycles. The molecule has 6 heteroatoms. The monoisotopic (exact) mass is 354 g/mol. The Kier molecular flexibility index (Phi) is 4.57. The van der Waals surface area contributed by atoms with Crippen LogP contribution >= 0.6 is 0 Å². The molecule has 1 fully saturated rings. The number of para-hydroxylation sites is 1. The molecule has 2 aliphatic rings. The third-order valence-electron chi connectivity index (χ3n) is 5.42. The van der Waals surface area contributed by atoms with Crippen LogP contribution in [0.15, 0.2) is 30.6 Å². The van der Waals surface area contributed by atoms with Gasteiger partial charge in [-0.2, -0.15) is 0 Å². The molecule has 1 aromatic carbocycles. The minimum atomic E-state index is -0.333. The van der Waals surface area contributed by atoms with Gasteiger partial charge in [0.1, 0.15) is 6.33 Å². The molecule has 0 N–H and O–H groups in total. The van der Waals surface area contributed by atoms with Gasteiger partial charge in [0, 0.05) is 37.7 Å². The lowest BCUT2D eigenvalue weighted by atomic mass is 9.98. The first-order chi connectivity index (χ1) is 12.7. The molecule has 1 atom stereocenters. The number of aryl methyl sites for hydroxylation is 1. The van der Waals surface area contributed by atoms with E-state index in [0.29, 0.717) is 30.9 Å². The highest BCUT2D eigenvalue weighted by atomic mass is 19.1. The van der Waals surface area contributed by atoms with E-state index in [2.05, 4.69) is 16.0 Å². The molecule has 136 valence electrons. The van der Waals surface area contributed by atoms with Crippen molar-refractivity contribution in [2.75, 3.05) is 24.5 Å². The number of halogens is 1. The Morgan fingerprint density at radius 2 is 2.12 bits per heavy atom. The van der Waals surface area contributed by atoms with Crippen LogP contribution in [0.4, 0.5) is 15.9 Å². The highest BCUT2D eigenvalue weighted by Gasteiger charge is 2.32. The van der Waals surface area contributed by atoms with E-state index in [0.717, 1.165) is 31.6 Å². The predicted octanol–water partition coefficient (Wildman–Crippen LogP) is 3.43. The second kappa shape index (κ2) is 7.02. The van der Waals surface area contributed by atoms with Crippen LogP contribution in [0.25, 0.3) is 0 Å².